The number of rotatable bonds is 2. The largest absolute Gasteiger partial charge is 0.367 e. The summed E-state index contributed by atoms with van der Waals surface area (Å²) in [7, 11) is 0. The highest BCUT2D eigenvalue weighted by molar-refractivity contribution is 7.99. The second kappa shape index (κ2) is 3.29. The molecule has 2 N–H and O–H groups in total. The van der Waals surface area contributed by atoms with Gasteiger partial charge in [0.25, 0.3) is 0 Å². The van der Waals surface area contributed by atoms with Crippen molar-refractivity contribution in [2.45, 2.75) is 18.5 Å². The van der Waals surface area contributed by atoms with Crippen LogP contribution in [0.2, 0.25) is 0 Å². The Labute approximate surface area is 47.5 Å². The summed E-state index contributed by atoms with van der Waals surface area (Å²) < 4.78 is 0. The monoisotopic (exact) mass is 122 g/mol. The van der Waals surface area contributed by atoms with Crippen LogP contribution in [0.15, 0.2) is 0 Å². The van der Waals surface area contributed by atoms with Gasteiger partial charge in [0.05, 0.1) is 5.25 Å². The van der Waals surface area contributed by atoms with E-state index in [1.165, 1.54) is 11.8 Å². The first-order valence-electron chi connectivity index (χ1n) is 2.07. The lowest BCUT2D eigenvalue weighted by molar-refractivity contribution is -0.0366. The van der Waals surface area contributed by atoms with Crippen LogP contribution in [0.5, 0.6) is 0 Å². The van der Waals surface area contributed by atoms with Gasteiger partial charge in [-0.25, -0.2) is 0 Å². The number of hydrogen-bond donors (Lipinski definition) is 2. The summed E-state index contributed by atoms with van der Waals surface area (Å²) in [6.45, 7) is 1.76. The Kier molecular flexibility index (Phi) is 3.42. The predicted octanol–water partition coefficient (Wildman–Crippen LogP) is 0.0486. The summed E-state index contributed by atoms with van der Waals surface area (Å²) in [6, 6.07) is 0. The molecule has 0 rings (SSSR count). The summed E-state index contributed by atoms with van der Waals surface area (Å²) in [5.41, 5.74) is 0. The molecule has 0 saturated heterocycles. The molecule has 0 aromatic rings. The van der Waals surface area contributed by atoms with Crippen LogP contribution >= 0.6 is 11.8 Å². The van der Waals surface area contributed by atoms with E-state index >= 15 is 0 Å². The van der Waals surface area contributed by atoms with Crippen molar-refractivity contribution in [3.63, 3.8) is 0 Å². The van der Waals surface area contributed by atoms with Gasteiger partial charge in [-0.2, -0.15) is 11.8 Å². The van der Waals surface area contributed by atoms with E-state index in [9.17, 15) is 0 Å². The van der Waals surface area contributed by atoms with E-state index in [2.05, 4.69) is 0 Å². The molecule has 0 aliphatic heterocycles. The van der Waals surface area contributed by atoms with Crippen molar-refractivity contribution in [1.29, 1.82) is 0 Å². The zero-order valence-corrected chi connectivity index (χ0v) is 5.27. The number of thioether (sulfide) groups is 1. The van der Waals surface area contributed by atoms with Crippen molar-refractivity contribution in [3.05, 3.63) is 0 Å². The predicted molar refractivity (Wildman–Crippen MR) is 31.2 cm³/mol. The molecule has 7 heavy (non-hydrogen) atoms. The molecule has 0 aliphatic carbocycles. The first-order valence-corrected chi connectivity index (χ1v) is 3.36. The molecule has 0 radical (unpaired) electrons. The molecule has 0 fully saturated rings. The fourth-order valence-corrected chi connectivity index (χ4v) is 0.365. The Morgan fingerprint density at radius 3 is 1.86 bits per heavy atom. The third kappa shape index (κ3) is 2.91. The minimum atomic E-state index is -1.17. The Hall–Kier alpha value is 0.270. The van der Waals surface area contributed by atoms with E-state index in [0.717, 1.165) is 0 Å². The molecule has 0 aromatic heterocycles. The van der Waals surface area contributed by atoms with Crippen LogP contribution in [-0.2, 0) is 0 Å². The second-order valence-corrected chi connectivity index (χ2v) is 2.57. The summed E-state index contributed by atoms with van der Waals surface area (Å²) >= 11 is 1.43. The maximum absolute atomic E-state index is 8.36. The number of aliphatic hydroxyl groups excluding tert-OH is 1. The molecule has 44 valence electrons. The summed E-state index contributed by atoms with van der Waals surface area (Å²) in [6.07, 6.45) is 0.666. The standard InChI is InChI=1S/C4H10O2S/c1-3(7-2)4(5)6/h3-6H,1-2H3. The SMILES string of the molecule is CSC(C)C(O)O. The van der Waals surface area contributed by atoms with Crippen LogP contribution in [0.25, 0.3) is 0 Å². The lowest BCUT2D eigenvalue weighted by atomic mass is 10.5. The van der Waals surface area contributed by atoms with E-state index in [-0.39, 0.29) is 5.25 Å². The molecule has 0 saturated carbocycles. The lowest BCUT2D eigenvalue weighted by Crippen LogP contribution is -2.17. The first kappa shape index (κ1) is 7.27. The molecule has 0 bridgehead atoms. The average Bonchev–Trinajstić information content (AvgIpc) is 1.65. The molecule has 2 nitrogen and oxygen atoms in total. The zero-order chi connectivity index (χ0) is 5.86. The van der Waals surface area contributed by atoms with Crippen molar-refractivity contribution in [2.75, 3.05) is 6.26 Å². The molecule has 3 heteroatoms. The second-order valence-electron chi connectivity index (χ2n) is 1.35. The third-order valence-corrected chi connectivity index (χ3v) is 1.78. The van der Waals surface area contributed by atoms with Gasteiger partial charge in [-0.05, 0) is 13.2 Å². The minimum absolute atomic E-state index is 0.0694. The minimum Gasteiger partial charge on any atom is -0.367 e. The van der Waals surface area contributed by atoms with Crippen molar-refractivity contribution < 1.29 is 10.2 Å². The van der Waals surface area contributed by atoms with E-state index in [0.29, 0.717) is 0 Å². The van der Waals surface area contributed by atoms with Gasteiger partial charge in [0.15, 0.2) is 6.29 Å². The topological polar surface area (TPSA) is 40.5 Å². The first-order chi connectivity index (χ1) is 3.18. The molecule has 0 amide bonds. The van der Waals surface area contributed by atoms with Gasteiger partial charge in [-0.1, -0.05) is 0 Å². The molecule has 0 heterocycles. The highest BCUT2D eigenvalue weighted by atomic mass is 32.2. The molecule has 0 aromatic carbocycles. The Balaban J connectivity index is 3.14. The molecular formula is C4H10O2S. The Morgan fingerprint density at radius 2 is 1.86 bits per heavy atom. The third-order valence-electron chi connectivity index (χ3n) is 0.792. The highest BCUT2D eigenvalue weighted by Gasteiger charge is 2.05. The highest BCUT2D eigenvalue weighted by Crippen LogP contribution is 2.06. The van der Waals surface area contributed by atoms with Crippen LogP contribution in [0.1, 0.15) is 6.92 Å². The van der Waals surface area contributed by atoms with E-state index in [1.807, 2.05) is 6.26 Å². The summed E-state index contributed by atoms with van der Waals surface area (Å²) in [5, 5.41) is 16.6. The molecule has 0 aliphatic rings. The smallest absolute Gasteiger partial charge is 0.163 e. The quantitative estimate of drug-likeness (QED) is 0.508. The maximum Gasteiger partial charge on any atom is 0.163 e. The number of hydrogen-bond acceptors (Lipinski definition) is 3. The molecular weight excluding hydrogens is 112 g/mol. The van der Waals surface area contributed by atoms with Crippen molar-refractivity contribution >= 4 is 11.8 Å². The lowest BCUT2D eigenvalue weighted by Gasteiger charge is -2.07. The Morgan fingerprint density at radius 1 is 1.43 bits per heavy atom. The summed E-state index contributed by atoms with van der Waals surface area (Å²) in [4.78, 5) is 0. The average molecular weight is 122 g/mol. The van der Waals surface area contributed by atoms with Crippen LogP contribution in [0.4, 0.5) is 0 Å². The molecule has 1 atom stereocenters. The van der Waals surface area contributed by atoms with Gasteiger partial charge in [0, 0.05) is 0 Å². The van der Waals surface area contributed by atoms with E-state index in [1.54, 1.807) is 6.92 Å². The van der Waals surface area contributed by atoms with Crippen LogP contribution in [0.3, 0.4) is 0 Å². The zero-order valence-electron chi connectivity index (χ0n) is 4.46. The van der Waals surface area contributed by atoms with E-state index in [4.69, 9.17) is 10.2 Å². The fraction of sp³-hybridized carbons (Fsp3) is 1.00. The van der Waals surface area contributed by atoms with Gasteiger partial charge >= 0.3 is 0 Å². The van der Waals surface area contributed by atoms with Crippen molar-refractivity contribution in [2.24, 2.45) is 0 Å². The van der Waals surface area contributed by atoms with Gasteiger partial charge in [-0.15, -0.1) is 0 Å². The number of aliphatic hydroxyl groups is 2. The normalized spacial score (nSPS) is 15.0. The maximum atomic E-state index is 8.36. The fourth-order valence-electron chi connectivity index (χ4n) is 0.122. The summed E-state index contributed by atoms with van der Waals surface area (Å²) in [5.74, 6) is 0. The van der Waals surface area contributed by atoms with Crippen LogP contribution in [0, 0.1) is 0 Å². The molecule has 0 spiro atoms. The Bertz CT molecular complexity index is 47.0. The van der Waals surface area contributed by atoms with Gasteiger partial charge in [0.1, 0.15) is 0 Å². The van der Waals surface area contributed by atoms with Crippen LogP contribution < -0.4 is 0 Å². The van der Waals surface area contributed by atoms with Gasteiger partial charge in [-0.3, -0.25) is 0 Å². The van der Waals surface area contributed by atoms with Crippen LogP contribution in [-0.4, -0.2) is 28.0 Å². The molecule has 1 unspecified atom stereocenters. The van der Waals surface area contributed by atoms with Crippen molar-refractivity contribution in [1.82, 2.24) is 0 Å². The van der Waals surface area contributed by atoms with Gasteiger partial charge < -0.3 is 10.2 Å². The van der Waals surface area contributed by atoms with E-state index < -0.39 is 6.29 Å². The van der Waals surface area contributed by atoms with Crippen molar-refractivity contribution in [3.8, 4) is 0 Å². The van der Waals surface area contributed by atoms with Gasteiger partial charge in [0.2, 0.25) is 0 Å².